The van der Waals surface area contributed by atoms with Gasteiger partial charge in [-0.3, -0.25) is 4.79 Å². The highest BCUT2D eigenvalue weighted by atomic mass is 32.2. The van der Waals surface area contributed by atoms with Gasteiger partial charge in [-0.15, -0.1) is 0 Å². The minimum Gasteiger partial charge on any atom is -0.308 e. The molecule has 0 radical (unpaired) electrons. The second-order valence-electron chi connectivity index (χ2n) is 6.98. The SMILES string of the molecule is CCCC(=O)N(Cc1ccc(-c2ccccc2S(=O)(=O)NC#N)cc1)c1ccccc1. The van der Waals surface area contributed by atoms with Crippen molar-refractivity contribution in [2.75, 3.05) is 4.90 Å². The van der Waals surface area contributed by atoms with E-state index < -0.39 is 10.0 Å². The molecule has 0 aliphatic rings. The van der Waals surface area contributed by atoms with E-state index in [0.29, 0.717) is 24.1 Å². The van der Waals surface area contributed by atoms with Crippen LogP contribution in [0.3, 0.4) is 0 Å². The van der Waals surface area contributed by atoms with E-state index in [1.54, 1.807) is 23.1 Å². The summed E-state index contributed by atoms with van der Waals surface area (Å²) in [6.07, 6.45) is 2.71. The second-order valence-corrected chi connectivity index (χ2v) is 8.63. The molecule has 3 rings (SSSR count). The number of hydrogen-bond acceptors (Lipinski definition) is 4. The Morgan fingerprint density at radius 2 is 1.61 bits per heavy atom. The number of nitrogens with one attached hydrogen (secondary N) is 1. The quantitative estimate of drug-likeness (QED) is 0.420. The highest BCUT2D eigenvalue weighted by Crippen LogP contribution is 2.28. The van der Waals surface area contributed by atoms with Crippen LogP contribution in [-0.2, 0) is 21.4 Å². The van der Waals surface area contributed by atoms with Crippen molar-refractivity contribution >= 4 is 21.6 Å². The largest absolute Gasteiger partial charge is 0.308 e. The zero-order valence-electron chi connectivity index (χ0n) is 17.2. The van der Waals surface area contributed by atoms with E-state index in [4.69, 9.17) is 5.26 Å². The van der Waals surface area contributed by atoms with Crippen LogP contribution in [0.5, 0.6) is 0 Å². The smallest absolute Gasteiger partial charge is 0.270 e. The van der Waals surface area contributed by atoms with Crippen molar-refractivity contribution in [3.63, 3.8) is 0 Å². The van der Waals surface area contributed by atoms with Crippen molar-refractivity contribution in [1.82, 2.24) is 4.72 Å². The van der Waals surface area contributed by atoms with E-state index in [1.165, 1.54) is 12.3 Å². The zero-order chi connectivity index (χ0) is 22.3. The number of amides is 1. The van der Waals surface area contributed by atoms with E-state index in [2.05, 4.69) is 0 Å². The Kier molecular flexibility index (Phi) is 7.06. The third kappa shape index (κ3) is 5.30. The molecule has 0 bridgehead atoms. The summed E-state index contributed by atoms with van der Waals surface area (Å²) < 4.78 is 26.6. The van der Waals surface area contributed by atoms with E-state index in [1.807, 2.05) is 66.2 Å². The summed E-state index contributed by atoms with van der Waals surface area (Å²) in [5, 5.41) is 8.75. The molecule has 0 saturated carbocycles. The molecule has 158 valence electrons. The van der Waals surface area contributed by atoms with Crippen molar-refractivity contribution in [1.29, 1.82) is 5.26 Å². The third-order valence-corrected chi connectivity index (χ3v) is 6.09. The van der Waals surface area contributed by atoms with E-state index in [0.717, 1.165) is 17.7 Å². The van der Waals surface area contributed by atoms with Crippen LogP contribution in [0.2, 0.25) is 0 Å². The summed E-state index contributed by atoms with van der Waals surface area (Å²) in [4.78, 5) is 14.5. The zero-order valence-corrected chi connectivity index (χ0v) is 18.0. The van der Waals surface area contributed by atoms with Crippen LogP contribution in [0.4, 0.5) is 5.69 Å². The van der Waals surface area contributed by atoms with Gasteiger partial charge in [-0.25, -0.2) is 13.1 Å². The van der Waals surface area contributed by atoms with Crippen molar-refractivity contribution in [2.45, 2.75) is 31.2 Å². The lowest BCUT2D eigenvalue weighted by Gasteiger charge is -2.23. The molecule has 0 saturated heterocycles. The van der Waals surface area contributed by atoms with Gasteiger partial charge in [0.15, 0.2) is 6.19 Å². The predicted molar refractivity (Wildman–Crippen MR) is 120 cm³/mol. The maximum Gasteiger partial charge on any atom is 0.270 e. The molecule has 31 heavy (non-hydrogen) atoms. The number of rotatable bonds is 8. The van der Waals surface area contributed by atoms with Crippen molar-refractivity contribution in [3.05, 3.63) is 84.4 Å². The fraction of sp³-hybridized carbons (Fsp3) is 0.167. The van der Waals surface area contributed by atoms with Crippen LogP contribution in [0.25, 0.3) is 11.1 Å². The Bertz CT molecular complexity index is 1180. The lowest BCUT2D eigenvalue weighted by Crippen LogP contribution is -2.29. The van der Waals surface area contributed by atoms with Gasteiger partial charge >= 0.3 is 0 Å². The number of para-hydroxylation sites is 1. The highest BCUT2D eigenvalue weighted by molar-refractivity contribution is 7.89. The van der Waals surface area contributed by atoms with Gasteiger partial charge in [0.1, 0.15) is 0 Å². The molecule has 0 aliphatic carbocycles. The van der Waals surface area contributed by atoms with Gasteiger partial charge in [-0.1, -0.05) is 67.6 Å². The maximum atomic E-state index is 12.7. The molecule has 0 atom stereocenters. The maximum absolute atomic E-state index is 12.7. The topological polar surface area (TPSA) is 90.3 Å². The Morgan fingerprint density at radius 3 is 2.26 bits per heavy atom. The number of nitriles is 1. The summed E-state index contributed by atoms with van der Waals surface area (Å²) in [7, 11) is -3.94. The van der Waals surface area contributed by atoms with Crippen LogP contribution in [-0.4, -0.2) is 14.3 Å². The molecule has 0 aromatic heterocycles. The summed E-state index contributed by atoms with van der Waals surface area (Å²) in [6.45, 7) is 2.39. The number of nitrogens with zero attached hydrogens (tertiary/aromatic N) is 2. The molecule has 0 spiro atoms. The highest BCUT2D eigenvalue weighted by Gasteiger charge is 2.19. The average molecular weight is 434 g/mol. The van der Waals surface area contributed by atoms with Gasteiger partial charge in [0.2, 0.25) is 5.91 Å². The Labute approximate surface area is 182 Å². The van der Waals surface area contributed by atoms with Crippen LogP contribution in [0.1, 0.15) is 25.3 Å². The van der Waals surface area contributed by atoms with Gasteiger partial charge in [-0.05, 0) is 35.7 Å². The Morgan fingerprint density at radius 1 is 0.968 bits per heavy atom. The first kappa shape index (κ1) is 22.1. The van der Waals surface area contributed by atoms with Crippen LogP contribution < -0.4 is 9.62 Å². The molecule has 1 amide bonds. The average Bonchev–Trinajstić information content (AvgIpc) is 2.78. The first-order valence-electron chi connectivity index (χ1n) is 9.91. The Hall–Kier alpha value is -3.63. The lowest BCUT2D eigenvalue weighted by atomic mass is 10.0. The monoisotopic (exact) mass is 433 g/mol. The molecule has 0 fully saturated rings. The van der Waals surface area contributed by atoms with Crippen LogP contribution in [0, 0.1) is 11.5 Å². The lowest BCUT2D eigenvalue weighted by molar-refractivity contribution is -0.118. The van der Waals surface area contributed by atoms with Gasteiger partial charge in [0.25, 0.3) is 10.0 Å². The number of carbonyl (C=O) groups is 1. The van der Waals surface area contributed by atoms with E-state index >= 15 is 0 Å². The number of hydrogen-bond donors (Lipinski definition) is 1. The minimum atomic E-state index is -3.94. The summed E-state index contributed by atoms with van der Waals surface area (Å²) >= 11 is 0. The fourth-order valence-electron chi connectivity index (χ4n) is 3.31. The Balaban J connectivity index is 1.90. The minimum absolute atomic E-state index is 0.0355. The van der Waals surface area contributed by atoms with E-state index in [9.17, 15) is 13.2 Å². The molecule has 0 heterocycles. The first-order chi connectivity index (χ1) is 15.0. The standard InChI is InChI=1S/C24H23N3O3S/c1-2-8-24(28)27(21-9-4-3-5-10-21)17-19-13-15-20(16-14-19)22-11-6-7-12-23(22)31(29,30)26-18-25/h3-7,9-16,26H,2,8,17H2,1H3. The van der Waals surface area contributed by atoms with Crippen molar-refractivity contribution < 1.29 is 13.2 Å². The van der Waals surface area contributed by atoms with Crippen molar-refractivity contribution in [2.24, 2.45) is 0 Å². The molecule has 7 heteroatoms. The fourth-order valence-corrected chi connectivity index (χ4v) is 4.27. The van der Waals surface area contributed by atoms with Crippen molar-refractivity contribution in [3.8, 4) is 17.3 Å². The molecule has 3 aromatic carbocycles. The van der Waals surface area contributed by atoms with E-state index in [-0.39, 0.29) is 10.8 Å². The molecule has 0 unspecified atom stereocenters. The number of benzene rings is 3. The normalized spacial score (nSPS) is 10.8. The molecular weight excluding hydrogens is 410 g/mol. The molecule has 3 aromatic rings. The van der Waals surface area contributed by atoms with Gasteiger partial charge < -0.3 is 4.90 Å². The van der Waals surface area contributed by atoms with Gasteiger partial charge in [-0.2, -0.15) is 5.26 Å². The first-order valence-corrected chi connectivity index (χ1v) is 11.4. The van der Waals surface area contributed by atoms with Gasteiger partial charge in [0, 0.05) is 17.7 Å². The third-order valence-electron chi connectivity index (χ3n) is 4.79. The molecule has 0 aliphatic heterocycles. The number of carbonyl (C=O) groups excluding carboxylic acids is 1. The number of anilines is 1. The second kappa shape index (κ2) is 9.92. The molecule has 6 nitrogen and oxygen atoms in total. The van der Waals surface area contributed by atoms with Gasteiger partial charge in [0.05, 0.1) is 11.4 Å². The van der Waals surface area contributed by atoms with Crippen LogP contribution >= 0.6 is 0 Å². The number of sulfonamides is 1. The summed E-state index contributed by atoms with van der Waals surface area (Å²) in [5.41, 5.74) is 2.96. The predicted octanol–water partition coefficient (Wildman–Crippen LogP) is 4.45. The summed E-state index contributed by atoms with van der Waals surface area (Å²) in [6, 6.07) is 23.4. The summed E-state index contributed by atoms with van der Waals surface area (Å²) in [5.74, 6) is 0.0526. The van der Waals surface area contributed by atoms with Crippen LogP contribution in [0.15, 0.2) is 83.8 Å². The molecule has 1 N–H and O–H groups in total. The molecular formula is C24H23N3O3S.